The summed E-state index contributed by atoms with van der Waals surface area (Å²) in [6, 6.07) is 14.3. The smallest absolute Gasteiger partial charge is 0.226 e. The largest absolute Gasteiger partial charge is 0.339 e. The standard InChI is InChI=1S/C21H24N2O2S/c24-20(9-8-16-5-2-1-3-6-16)22-10-12-23(13-11-22)21(25)18-15-17(18)19-7-4-14-26-19/h1-7,14,17-18H,8-13,15H2. The average Bonchev–Trinajstić information content (AvgIpc) is 3.31. The minimum absolute atomic E-state index is 0.161. The molecule has 26 heavy (non-hydrogen) atoms. The van der Waals surface area contributed by atoms with Gasteiger partial charge in [0.25, 0.3) is 0 Å². The second kappa shape index (κ2) is 7.62. The number of hydrogen-bond acceptors (Lipinski definition) is 3. The molecule has 1 aliphatic heterocycles. The molecule has 136 valence electrons. The molecular formula is C21H24N2O2S. The molecule has 2 aromatic rings. The molecule has 0 N–H and O–H groups in total. The van der Waals surface area contributed by atoms with E-state index < -0.39 is 0 Å². The first-order valence-electron chi connectivity index (χ1n) is 9.36. The van der Waals surface area contributed by atoms with E-state index in [1.807, 2.05) is 28.0 Å². The van der Waals surface area contributed by atoms with E-state index in [-0.39, 0.29) is 17.7 Å². The van der Waals surface area contributed by atoms with Crippen molar-refractivity contribution in [3.63, 3.8) is 0 Å². The van der Waals surface area contributed by atoms with Gasteiger partial charge in [0.1, 0.15) is 0 Å². The zero-order chi connectivity index (χ0) is 17.9. The Morgan fingerprint density at radius 1 is 0.962 bits per heavy atom. The minimum atomic E-state index is 0.161. The van der Waals surface area contributed by atoms with Gasteiger partial charge in [0.15, 0.2) is 0 Å². The first kappa shape index (κ1) is 17.3. The maximum atomic E-state index is 12.7. The Morgan fingerprint density at radius 2 is 1.69 bits per heavy atom. The lowest BCUT2D eigenvalue weighted by Gasteiger charge is -2.35. The first-order chi connectivity index (χ1) is 12.7. The topological polar surface area (TPSA) is 40.6 Å². The van der Waals surface area contributed by atoms with Gasteiger partial charge in [-0.1, -0.05) is 36.4 Å². The molecule has 1 saturated heterocycles. The van der Waals surface area contributed by atoms with Crippen LogP contribution in [0.4, 0.5) is 0 Å². The first-order valence-corrected chi connectivity index (χ1v) is 10.2. The van der Waals surface area contributed by atoms with Crippen LogP contribution in [-0.4, -0.2) is 47.8 Å². The van der Waals surface area contributed by atoms with E-state index in [1.54, 1.807) is 11.3 Å². The highest BCUT2D eigenvalue weighted by Gasteiger charge is 2.46. The summed E-state index contributed by atoms with van der Waals surface area (Å²) in [6.07, 6.45) is 2.31. The van der Waals surface area contributed by atoms with Crippen molar-refractivity contribution in [3.05, 3.63) is 58.3 Å². The van der Waals surface area contributed by atoms with Gasteiger partial charge < -0.3 is 9.80 Å². The number of piperazine rings is 1. The van der Waals surface area contributed by atoms with Gasteiger partial charge in [-0.15, -0.1) is 11.3 Å². The van der Waals surface area contributed by atoms with E-state index in [9.17, 15) is 9.59 Å². The SMILES string of the molecule is O=C(CCc1ccccc1)N1CCN(C(=O)C2CC2c2cccs2)CC1. The highest BCUT2D eigenvalue weighted by Crippen LogP contribution is 2.50. The second-order valence-corrected chi connectivity index (χ2v) is 8.14. The Balaban J connectivity index is 1.22. The van der Waals surface area contributed by atoms with Crippen LogP contribution in [0.2, 0.25) is 0 Å². The molecule has 2 heterocycles. The summed E-state index contributed by atoms with van der Waals surface area (Å²) in [5, 5.41) is 2.08. The zero-order valence-corrected chi connectivity index (χ0v) is 15.7. The van der Waals surface area contributed by atoms with Crippen LogP contribution >= 0.6 is 11.3 Å². The molecule has 1 aromatic heterocycles. The highest BCUT2D eigenvalue weighted by atomic mass is 32.1. The third-order valence-corrected chi connectivity index (χ3v) is 6.43. The molecule has 2 amide bonds. The van der Waals surface area contributed by atoms with Gasteiger partial charge >= 0.3 is 0 Å². The Labute approximate surface area is 158 Å². The molecule has 1 aliphatic carbocycles. The molecule has 1 aromatic carbocycles. The number of aryl methyl sites for hydroxylation is 1. The van der Waals surface area contributed by atoms with Gasteiger partial charge in [-0.25, -0.2) is 0 Å². The van der Waals surface area contributed by atoms with Gasteiger partial charge in [0.05, 0.1) is 0 Å². The monoisotopic (exact) mass is 368 g/mol. The molecule has 2 fully saturated rings. The summed E-state index contributed by atoms with van der Waals surface area (Å²) in [5.41, 5.74) is 1.20. The molecule has 2 unspecified atom stereocenters. The van der Waals surface area contributed by atoms with Crippen LogP contribution in [0.5, 0.6) is 0 Å². The zero-order valence-electron chi connectivity index (χ0n) is 14.8. The van der Waals surface area contributed by atoms with Crippen molar-refractivity contribution in [1.82, 2.24) is 9.80 Å². The maximum absolute atomic E-state index is 12.7. The Morgan fingerprint density at radius 3 is 2.38 bits per heavy atom. The molecule has 4 rings (SSSR count). The van der Waals surface area contributed by atoms with Crippen molar-refractivity contribution in [2.24, 2.45) is 5.92 Å². The lowest BCUT2D eigenvalue weighted by atomic mass is 10.1. The predicted octanol–water partition coefficient (Wildman–Crippen LogP) is 3.16. The normalized spacial score (nSPS) is 22.3. The van der Waals surface area contributed by atoms with Crippen molar-refractivity contribution in [1.29, 1.82) is 0 Å². The Kier molecular flexibility index (Phi) is 5.07. The number of rotatable bonds is 5. The van der Waals surface area contributed by atoms with E-state index in [0.29, 0.717) is 38.5 Å². The summed E-state index contributed by atoms with van der Waals surface area (Å²) < 4.78 is 0. The van der Waals surface area contributed by atoms with Gasteiger partial charge in [-0.05, 0) is 29.9 Å². The van der Waals surface area contributed by atoms with E-state index in [4.69, 9.17) is 0 Å². The molecule has 5 heteroatoms. The number of thiophene rings is 1. The lowest BCUT2D eigenvalue weighted by molar-refractivity contribution is -0.140. The fraction of sp³-hybridized carbons (Fsp3) is 0.429. The summed E-state index contributed by atoms with van der Waals surface area (Å²) in [4.78, 5) is 30.3. The van der Waals surface area contributed by atoms with Crippen molar-refractivity contribution >= 4 is 23.2 Å². The van der Waals surface area contributed by atoms with Gasteiger partial charge in [0, 0.05) is 49.3 Å². The number of amides is 2. The third kappa shape index (κ3) is 3.83. The molecule has 0 radical (unpaired) electrons. The number of hydrogen-bond donors (Lipinski definition) is 0. The van der Waals surface area contributed by atoms with Crippen LogP contribution in [0.25, 0.3) is 0 Å². The third-order valence-electron chi connectivity index (χ3n) is 5.43. The predicted molar refractivity (Wildman–Crippen MR) is 103 cm³/mol. The van der Waals surface area contributed by atoms with Crippen LogP contribution in [-0.2, 0) is 16.0 Å². The van der Waals surface area contributed by atoms with Gasteiger partial charge in [0.2, 0.25) is 11.8 Å². The molecule has 0 bridgehead atoms. The van der Waals surface area contributed by atoms with Crippen LogP contribution in [0, 0.1) is 5.92 Å². The summed E-state index contributed by atoms with van der Waals surface area (Å²) >= 11 is 1.75. The van der Waals surface area contributed by atoms with Gasteiger partial charge in [-0.2, -0.15) is 0 Å². The number of carbonyl (C=O) groups excluding carboxylic acids is 2. The number of carbonyl (C=O) groups is 2. The van der Waals surface area contributed by atoms with Crippen molar-refractivity contribution < 1.29 is 9.59 Å². The fourth-order valence-corrected chi connectivity index (χ4v) is 4.66. The van der Waals surface area contributed by atoms with Crippen LogP contribution in [0.1, 0.15) is 29.2 Å². The van der Waals surface area contributed by atoms with Crippen molar-refractivity contribution in [3.8, 4) is 0 Å². The van der Waals surface area contributed by atoms with Crippen molar-refractivity contribution in [2.45, 2.75) is 25.2 Å². The second-order valence-electron chi connectivity index (χ2n) is 7.16. The Hall–Kier alpha value is -2.14. The molecule has 2 aliphatic rings. The molecule has 2 atom stereocenters. The van der Waals surface area contributed by atoms with Crippen LogP contribution in [0.3, 0.4) is 0 Å². The quantitative estimate of drug-likeness (QED) is 0.813. The molecule has 1 saturated carbocycles. The summed E-state index contributed by atoms with van der Waals surface area (Å²) in [7, 11) is 0. The molecular weight excluding hydrogens is 344 g/mol. The average molecular weight is 369 g/mol. The van der Waals surface area contributed by atoms with Gasteiger partial charge in [-0.3, -0.25) is 9.59 Å². The number of benzene rings is 1. The van der Waals surface area contributed by atoms with Crippen LogP contribution in [0.15, 0.2) is 47.8 Å². The Bertz CT molecular complexity index is 752. The van der Waals surface area contributed by atoms with Crippen LogP contribution < -0.4 is 0 Å². The fourth-order valence-electron chi connectivity index (χ4n) is 3.75. The molecule has 0 spiro atoms. The van der Waals surface area contributed by atoms with E-state index in [2.05, 4.69) is 29.6 Å². The summed E-state index contributed by atoms with van der Waals surface area (Å²) in [6.45, 7) is 2.67. The summed E-state index contributed by atoms with van der Waals surface area (Å²) in [5.74, 6) is 1.06. The lowest BCUT2D eigenvalue weighted by Crippen LogP contribution is -2.51. The number of nitrogens with zero attached hydrogens (tertiary/aromatic N) is 2. The minimum Gasteiger partial charge on any atom is -0.339 e. The van der Waals surface area contributed by atoms with E-state index in [1.165, 1.54) is 10.4 Å². The van der Waals surface area contributed by atoms with E-state index >= 15 is 0 Å². The molecule has 4 nitrogen and oxygen atoms in total. The highest BCUT2D eigenvalue weighted by molar-refractivity contribution is 7.10. The van der Waals surface area contributed by atoms with E-state index in [0.717, 1.165) is 12.8 Å². The maximum Gasteiger partial charge on any atom is 0.226 e. The van der Waals surface area contributed by atoms with Crippen molar-refractivity contribution in [2.75, 3.05) is 26.2 Å².